The molecule has 1 fully saturated rings. The van der Waals surface area contributed by atoms with Gasteiger partial charge in [0.1, 0.15) is 0 Å². The minimum absolute atomic E-state index is 0.00715. The van der Waals surface area contributed by atoms with Gasteiger partial charge in [0.2, 0.25) is 5.91 Å². The molecule has 174 valence electrons. The lowest BCUT2D eigenvalue weighted by molar-refractivity contribution is -0.117. The number of carbonyl (C=O) groups is 1. The molecular weight excluding hydrogens is 402 g/mol. The Labute approximate surface area is 192 Å². The van der Waals surface area contributed by atoms with E-state index in [-0.39, 0.29) is 5.91 Å². The summed E-state index contributed by atoms with van der Waals surface area (Å²) in [6.07, 6.45) is 5.15. The van der Waals surface area contributed by atoms with Gasteiger partial charge in [-0.05, 0) is 68.3 Å². The highest BCUT2D eigenvalue weighted by molar-refractivity contribution is 5.92. The maximum absolute atomic E-state index is 12.7. The number of amides is 1. The van der Waals surface area contributed by atoms with Gasteiger partial charge >= 0.3 is 0 Å². The molecule has 6 nitrogen and oxygen atoms in total. The van der Waals surface area contributed by atoms with Gasteiger partial charge in [0.15, 0.2) is 11.5 Å². The number of benzene rings is 2. The van der Waals surface area contributed by atoms with Crippen LogP contribution in [0.1, 0.15) is 45.1 Å². The Bertz CT molecular complexity index is 846. The lowest BCUT2D eigenvalue weighted by atomic mass is 10.2. The van der Waals surface area contributed by atoms with E-state index in [1.54, 1.807) is 7.11 Å². The van der Waals surface area contributed by atoms with Gasteiger partial charge in [-0.15, -0.1) is 0 Å². The molecule has 1 saturated heterocycles. The number of nitrogens with zero attached hydrogens (tertiary/aromatic N) is 2. The number of methoxy groups -OCH3 is 1. The molecule has 0 saturated carbocycles. The zero-order chi connectivity index (χ0) is 22.8. The number of carbonyl (C=O) groups excluding carboxylic acids is 1. The van der Waals surface area contributed by atoms with Crippen molar-refractivity contribution < 1.29 is 14.3 Å². The van der Waals surface area contributed by atoms with Gasteiger partial charge < -0.3 is 19.7 Å². The standard InChI is InChI=1S/C26H37N3O3/c1-4-28(19-21-10-15-24(32-5-2)25(18-21)31-3)20-26(30)27-22-11-13-23(14-12-22)29-16-8-6-7-9-17-29/h10-15,18H,4-9,16-17,19-20H2,1-3H3,(H,27,30). The molecule has 6 heteroatoms. The first-order chi connectivity index (χ1) is 15.6. The SMILES string of the molecule is CCOc1ccc(CN(CC)CC(=O)Nc2ccc(N3CCCCCC3)cc2)cc1OC. The number of ether oxygens (including phenoxy) is 2. The Morgan fingerprint density at radius 2 is 1.72 bits per heavy atom. The summed E-state index contributed by atoms with van der Waals surface area (Å²) in [6, 6.07) is 14.2. The summed E-state index contributed by atoms with van der Waals surface area (Å²) in [7, 11) is 1.64. The highest BCUT2D eigenvalue weighted by Crippen LogP contribution is 2.28. The number of hydrogen-bond acceptors (Lipinski definition) is 5. The van der Waals surface area contributed by atoms with Gasteiger partial charge in [-0.1, -0.05) is 25.8 Å². The highest BCUT2D eigenvalue weighted by Gasteiger charge is 2.13. The van der Waals surface area contributed by atoms with Crippen molar-refractivity contribution in [3.8, 4) is 11.5 Å². The maximum atomic E-state index is 12.7. The molecule has 1 aliphatic heterocycles. The van der Waals surface area contributed by atoms with Crippen molar-refractivity contribution in [1.29, 1.82) is 0 Å². The molecule has 1 amide bonds. The molecule has 1 aliphatic rings. The summed E-state index contributed by atoms with van der Waals surface area (Å²) in [5.74, 6) is 1.45. The fraction of sp³-hybridized carbons (Fsp3) is 0.500. The van der Waals surface area contributed by atoms with Gasteiger partial charge in [0, 0.05) is 31.0 Å². The second-order valence-corrected chi connectivity index (χ2v) is 8.22. The van der Waals surface area contributed by atoms with Crippen LogP contribution in [-0.4, -0.2) is 50.7 Å². The molecule has 3 rings (SSSR count). The van der Waals surface area contributed by atoms with Crippen LogP contribution in [0.2, 0.25) is 0 Å². The van der Waals surface area contributed by atoms with E-state index in [1.165, 1.54) is 31.4 Å². The van der Waals surface area contributed by atoms with Crippen molar-refractivity contribution in [2.45, 2.75) is 46.1 Å². The number of nitrogens with one attached hydrogen (secondary N) is 1. The summed E-state index contributed by atoms with van der Waals surface area (Å²) in [6.45, 7) is 8.62. The zero-order valence-electron chi connectivity index (χ0n) is 19.7. The average molecular weight is 440 g/mol. The van der Waals surface area contributed by atoms with Crippen LogP contribution in [0.5, 0.6) is 11.5 Å². The minimum atomic E-state index is -0.00715. The Balaban J connectivity index is 1.54. The topological polar surface area (TPSA) is 54.0 Å². The molecule has 1 heterocycles. The average Bonchev–Trinajstić information content (AvgIpc) is 3.10. The molecule has 2 aromatic carbocycles. The number of likely N-dealkylation sites (N-methyl/N-ethyl adjacent to an activating group) is 1. The van der Waals surface area contributed by atoms with Crippen molar-refractivity contribution in [2.75, 3.05) is 50.1 Å². The molecule has 0 atom stereocenters. The number of anilines is 2. The van der Waals surface area contributed by atoms with Crippen molar-refractivity contribution in [3.63, 3.8) is 0 Å². The predicted molar refractivity (Wildman–Crippen MR) is 131 cm³/mol. The summed E-state index contributed by atoms with van der Waals surface area (Å²) >= 11 is 0. The van der Waals surface area contributed by atoms with Gasteiger partial charge in [-0.2, -0.15) is 0 Å². The minimum Gasteiger partial charge on any atom is -0.493 e. The Morgan fingerprint density at radius 1 is 1.00 bits per heavy atom. The first kappa shape index (κ1) is 23.9. The van der Waals surface area contributed by atoms with Crippen LogP contribution >= 0.6 is 0 Å². The predicted octanol–water partition coefficient (Wildman–Crippen LogP) is 4.93. The van der Waals surface area contributed by atoms with E-state index in [1.807, 2.05) is 37.3 Å². The number of rotatable bonds is 10. The third-order valence-corrected chi connectivity index (χ3v) is 5.87. The molecule has 2 aromatic rings. The Hall–Kier alpha value is -2.73. The van der Waals surface area contributed by atoms with Crippen LogP contribution in [0.15, 0.2) is 42.5 Å². The van der Waals surface area contributed by atoms with Gasteiger partial charge in [-0.3, -0.25) is 9.69 Å². The van der Waals surface area contributed by atoms with E-state index in [4.69, 9.17) is 9.47 Å². The summed E-state index contributed by atoms with van der Waals surface area (Å²) in [5, 5.41) is 3.04. The second-order valence-electron chi connectivity index (χ2n) is 8.22. The number of hydrogen-bond donors (Lipinski definition) is 1. The van der Waals surface area contributed by atoms with Crippen LogP contribution in [0.25, 0.3) is 0 Å². The first-order valence-electron chi connectivity index (χ1n) is 11.8. The first-order valence-corrected chi connectivity index (χ1v) is 11.8. The van der Waals surface area contributed by atoms with Crippen LogP contribution in [-0.2, 0) is 11.3 Å². The van der Waals surface area contributed by atoms with Crippen LogP contribution in [0, 0.1) is 0 Å². The second kappa shape index (κ2) is 12.3. The molecule has 0 aliphatic carbocycles. The zero-order valence-corrected chi connectivity index (χ0v) is 19.7. The van der Waals surface area contributed by atoms with Gasteiger partial charge in [-0.25, -0.2) is 0 Å². The monoisotopic (exact) mass is 439 g/mol. The largest absolute Gasteiger partial charge is 0.493 e. The normalized spacial score (nSPS) is 14.2. The van der Waals surface area contributed by atoms with Crippen molar-refractivity contribution in [2.24, 2.45) is 0 Å². The van der Waals surface area contributed by atoms with Crippen LogP contribution in [0.3, 0.4) is 0 Å². The van der Waals surface area contributed by atoms with Crippen molar-refractivity contribution in [1.82, 2.24) is 4.90 Å². The van der Waals surface area contributed by atoms with Crippen LogP contribution < -0.4 is 19.7 Å². The fourth-order valence-electron chi connectivity index (χ4n) is 4.11. The fourth-order valence-corrected chi connectivity index (χ4v) is 4.11. The van der Waals surface area contributed by atoms with Crippen molar-refractivity contribution >= 4 is 17.3 Å². The van der Waals surface area contributed by atoms with Crippen molar-refractivity contribution in [3.05, 3.63) is 48.0 Å². The van der Waals surface area contributed by atoms with Crippen LogP contribution in [0.4, 0.5) is 11.4 Å². The van der Waals surface area contributed by atoms with E-state index in [0.29, 0.717) is 25.4 Å². The molecule has 0 unspecified atom stereocenters. The lowest BCUT2D eigenvalue weighted by Gasteiger charge is -2.23. The summed E-state index contributed by atoms with van der Waals surface area (Å²) in [4.78, 5) is 17.2. The molecule has 0 spiro atoms. The van der Waals surface area contributed by atoms with E-state index in [0.717, 1.165) is 36.6 Å². The van der Waals surface area contributed by atoms with Gasteiger partial charge in [0.05, 0.1) is 20.3 Å². The third kappa shape index (κ3) is 6.89. The molecule has 0 bridgehead atoms. The van der Waals surface area contributed by atoms with E-state index < -0.39 is 0 Å². The maximum Gasteiger partial charge on any atom is 0.238 e. The van der Waals surface area contributed by atoms with E-state index in [9.17, 15) is 4.79 Å². The summed E-state index contributed by atoms with van der Waals surface area (Å²) < 4.78 is 11.0. The highest BCUT2D eigenvalue weighted by atomic mass is 16.5. The Kier molecular flexibility index (Phi) is 9.23. The van der Waals surface area contributed by atoms with E-state index >= 15 is 0 Å². The molecule has 32 heavy (non-hydrogen) atoms. The van der Waals surface area contributed by atoms with E-state index in [2.05, 4.69) is 34.2 Å². The summed E-state index contributed by atoms with van der Waals surface area (Å²) in [5.41, 5.74) is 3.17. The van der Waals surface area contributed by atoms with Gasteiger partial charge in [0.25, 0.3) is 0 Å². The third-order valence-electron chi connectivity index (χ3n) is 5.87. The quantitative estimate of drug-likeness (QED) is 0.569. The Morgan fingerprint density at radius 3 is 2.34 bits per heavy atom. The molecule has 0 aromatic heterocycles. The lowest BCUT2D eigenvalue weighted by Crippen LogP contribution is -2.32. The smallest absolute Gasteiger partial charge is 0.238 e. The molecule has 1 N–H and O–H groups in total. The molecular formula is C26H37N3O3. The molecule has 0 radical (unpaired) electrons.